The fraction of sp³-hybridized carbons (Fsp3) is 0.455. The molecule has 1 aromatic carbocycles. The number of benzene rings is 1. The number of phenolic OH excluding ortho intramolecular Hbond substituents is 1. The Bertz CT molecular complexity index is 539. The summed E-state index contributed by atoms with van der Waals surface area (Å²) in [6.07, 6.45) is 4.22. The smallest absolute Gasteiger partial charge is 0.324 e. The Morgan fingerprint density at radius 2 is 1.32 bits per heavy atom. The van der Waals surface area contributed by atoms with Gasteiger partial charge in [-0.3, -0.25) is 30.3 Å². The lowest BCUT2D eigenvalue weighted by molar-refractivity contribution is -0.404. The number of non-ortho nitro benzene ring substituents is 1. The molecule has 0 aromatic heterocycles. The Balaban J connectivity index is 0.000000335. The highest BCUT2D eigenvalue weighted by Crippen LogP contribution is 2.38. The van der Waals surface area contributed by atoms with Crippen molar-refractivity contribution in [2.45, 2.75) is 19.3 Å². The number of piperidine rings is 1. The van der Waals surface area contributed by atoms with Crippen LogP contribution in [0.1, 0.15) is 19.3 Å². The summed E-state index contributed by atoms with van der Waals surface area (Å²) in [7, 11) is 0. The lowest BCUT2D eigenvalue weighted by Gasteiger charge is -2.08. The first-order valence-corrected chi connectivity index (χ1v) is 6.35. The summed E-state index contributed by atoms with van der Waals surface area (Å²) in [5, 5.41) is 43.5. The number of nitro benzene ring substituents is 3. The first kappa shape index (κ1) is 17.2. The van der Waals surface area contributed by atoms with E-state index in [9.17, 15) is 30.3 Å². The van der Waals surface area contributed by atoms with Crippen LogP contribution in [0.5, 0.6) is 5.75 Å². The van der Waals surface area contributed by atoms with Crippen molar-refractivity contribution in [2.75, 3.05) is 13.1 Å². The standard InChI is InChI=1S/C6H3N3O7.C5H11N/c10-6-4(8(13)14)1-3(7(11)12)2-5(6)9(15)16;1-2-4-6-5-3-1/h1-2,10H;6H,1-5H2. The molecule has 2 rings (SSSR count). The molecule has 0 saturated carbocycles. The van der Waals surface area contributed by atoms with Gasteiger partial charge in [-0.25, -0.2) is 0 Å². The Kier molecular flexibility index (Phi) is 6.13. The molecule has 120 valence electrons. The first-order chi connectivity index (χ1) is 10.3. The normalized spacial score (nSPS) is 13.6. The molecular formula is C11H14N4O7. The van der Waals surface area contributed by atoms with E-state index in [2.05, 4.69) is 5.32 Å². The number of rotatable bonds is 3. The summed E-state index contributed by atoms with van der Waals surface area (Å²) in [5.74, 6) is -1.21. The average Bonchev–Trinajstić information content (AvgIpc) is 2.49. The minimum absolute atomic E-state index is 0.447. The van der Waals surface area contributed by atoms with Crippen molar-refractivity contribution < 1.29 is 19.9 Å². The monoisotopic (exact) mass is 314 g/mol. The van der Waals surface area contributed by atoms with Gasteiger partial charge in [0.05, 0.1) is 26.9 Å². The van der Waals surface area contributed by atoms with Crippen LogP contribution in [-0.2, 0) is 0 Å². The molecule has 22 heavy (non-hydrogen) atoms. The van der Waals surface area contributed by atoms with E-state index in [-0.39, 0.29) is 0 Å². The van der Waals surface area contributed by atoms with Gasteiger partial charge < -0.3 is 10.4 Å². The summed E-state index contributed by atoms with van der Waals surface area (Å²) >= 11 is 0. The van der Waals surface area contributed by atoms with Gasteiger partial charge in [0.2, 0.25) is 0 Å². The molecule has 0 unspecified atom stereocenters. The largest absolute Gasteiger partial charge is 0.497 e. The minimum Gasteiger partial charge on any atom is -0.497 e. The van der Waals surface area contributed by atoms with E-state index in [4.69, 9.17) is 5.11 Å². The van der Waals surface area contributed by atoms with Crippen molar-refractivity contribution >= 4 is 17.1 Å². The van der Waals surface area contributed by atoms with Crippen molar-refractivity contribution in [1.82, 2.24) is 5.32 Å². The van der Waals surface area contributed by atoms with Crippen molar-refractivity contribution in [3.63, 3.8) is 0 Å². The molecule has 0 aliphatic carbocycles. The summed E-state index contributed by atoms with van der Waals surface area (Å²) in [6, 6.07) is 0.894. The fourth-order valence-electron chi connectivity index (χ4n) is 1.78. The van der Waals surface area contributed by atoms with Gasteiger partial charge in [-0.05, 0) is 25.9 Å². The number of nitrogens with one attached hydrogen (secondary N) is 1. The summed E-state index contributed by atoms with van der Waals surface area (Å²) in [6.45, 7) is 2.50. The van der Waals surface area contributed by atoms with E-state index in [1.807, 2.05) is 0 Å². The van der Waals surface area contributed by atoms with E-state index >= 15 is 0 Å². The molecule has 1 aromatic rings. The highest BCUT2D eigenvalue weighted by molar-refractivity contribution is 5.64. The number of aromatic hydroxyl groups is 1. The maximum atomic E-state index is 10.4. The van der Waals surface area contributed by atoms with Crippen LogP contribution < -0.4 is 5.32 Å². The third-order valence-corrected chi connectivity index (χ3v) is 2.87. The molecule has 1 aliphatic heterocycles. The average molecular weight is 314 g/mol. The fourth-order valence-corrected chi connectivity index (χ4v) is 1.78. The number of hydrogen-bond acceptors (Lipinski definition) is 8. The zero-order valence-electron chi connectivity index (χ0n) is 11.4. The maximum absolute atomic E-state index is 10.4. The lowest BCUT2D eigenvalue weighted by Crippen LogP contribution is -2.21. The molecule has 11 heteroatoms. The zero-order chi connectivity index (χ0) is 16.7. The molecule has 0 radical (unpaired) electrons. The summed E-state index contributed by atoms with van der Waals surface area (Å²) in [5.41, 5.74) is -3.00. The number of nitrogens with zero attached hydrogens (tertiary/aromatic N) is 3. The molecular weight excluding hydrogens is 300 g/mol. The van der Waals surface area contributed by atoms with Crippen LogP contribution in [0, 0.1) is 30.3 Å². The van der Waals surface area contributed by atoms with Gasteiger partial charge in [0, 0.05) is 0 Å². The van der Waals surface area contributed by atoms with Crippen LogP contribution in [0.3, 0.4) is 0 Å². The Morgan fingerprint density at radius 1 is 0.864 bits per heavy atom. The van der Waals surface area contributed by atoms with E-state index in [0.29, 0.717) is 12.1 Å². The second-order valence-corrected chi connectivity index (χ2v) is 4.41. The quantitative estimate of drug-likeness (QED) is 0.631. The summed E-state index contributed by atoms with van der Waals surface area (Å²) in [4.78, 5) is 27.8. The second-order valence-electron chi connectivity index (χ2n) is 4.41. The van der Waals surface area contributed by atoms with Crippen LogP contribution in [0.25, 0.3) is 0 Å². The van der Waals surface area contributed by atoms with E-state index in [1.165, 1.54) is 32.4 Å². The molecule has 1 saturated heterocycles. The molecule has 1 fully saturated rings. The summed E-state index contributed by atoms with van der Waals surface area (Å²) < 4.78 is 0. The second kappa shape index (κ2) is 7.83. The van der Waals surface area contributed by atoms with Crippen molar-refractivity contribution in [1.29, 1.82) is 0 Å². The van der Waals surface area contributed by atoms with Gasteiger partial charge in [0.25, 0.3) is 11.4 Å². The van der Waals surface area contributed by atoms with Gasteiger partial charge >= 0.3 is 11.4 Å². The van der Waals surface area contributed by atoms with E-state index in [0.717, 1.165) is 0 Å². The van der Waals surface area contributed by atoms with Crippen molar-refractivity contribution in [3.05, 3.63) is 42.5 Å². The Hall–Kier alpha value is -2.82. The predicted octanol–water partition coefficient (Wildman–Crippen LogP) is 1.88. The molecule has 1 aliphatic rings. The van der Waals surface area contributed by atoms with Crippen LogP contribution in [0.4, 0.5) is 17.1 Å². The number of nitro groups is 3. The molecule has 11 nitrogen and oxygen atoms in total. The van der Waals surface area contributed by atoms with E-state index in [1.54, 1.807) is 0 Å². The molecule has 1 heterocycles. The van der Waals surface area contributed by atoms with Crippen molar-refractivity contribution in [2.24, 2.45) is 0 Å². The highest BCUT2D eigenvalue weighted by atomic mass is 16.6. The third kappa shape index (κ3) is 4.63. The van der Waals surface area contributed by atoms with Crippen LogP contribution in [-0.4, -0.2) is 33.0 Å². The van der Waals surface area contributed by atoms with Gasteiger partial charge in [-0.1, -0.05) is 6.42 Å². The van der Waals surface area contributed by atoms with Gasteiger partial charge in [-0.2, -0.15) is 0 Å². The molecule has 0 amide bonds. The van der Waals surface area contributed by atoms with Crippen LogP contribution in [0.15, 0.2) is 12.1 Å². The maximum Gasteiger partial charge on any atom is 0.324 e. The first-order valence-electron chi connectivity index (χ1n) is 6.35. The SMILES string of the molecule is C1CCNCC1.O=[N+]([O-])c1cc([N+](=O)[O-])c(O)c([N+](=O)[O-])c1. The molecule has 2 N–H and O–H groups in total. The van der Waals surface area contributed by atoms with Crippen molar-refractivity contribution in [3.8, 4) is 5.75 Å². The lowest BCUT2D eigenvalue weighted by atomic mass is 10.2. The van der Waals surface area contributed by atoms with Gasteiger partial charge in [-0.15, -0.1) is 0 Å². The van der Waals surface area contributed by atoms with Crippen LogP contribution in [0.2, 0.25) is 0 Å². The zero-order valence-corrected chi connectivity index (χ0v) is 11.4. The third-order valence-electron chi connectivity index (χ3n) is 2.87. The molecule has 0 bridgehead atoms. The highest BCUT2D eigenvalue weighted by Gasteiger charge is 2.30. The predicted molar refractivity (Wildman–Crippen MR) is 74.8 cm³/mol. The Morgan fingerprint density at radius 3 is 1.55 bits per heavy atom. The number of phenols is 1. The van der Waals surface area contributed by atoms with Gasteiger partial charge in [0.1, 0.15) is 0 Å². The van der Waals surface area contributed by atoms with Crippen LogP contribution >= 0.6 is 0 Å². The number of hydrogen-bond donors (Lipinski definition) is 2. The Labute approximate surface area is 124 Å². The molecule has 0 spiro atoms. The van der Waals surface area contributed by atoms with E-state index < -0.39 is 37.6 Å². The topological polar surface area (TPSA) is 162 Å². The van der Waals surface area contributed by atoms with Gasteiger partial charge in [0.15, 0.2) is 0 Å². The molecule has 0 atom stereocenters. The minimum atomic E-state index is -1.21.